The number of hydrogen-bond acceptors (Lipinski definition) is 2. The molecule has 5 heteroatoms. The van der Waals surface area contributed by atoms with Gasteiger partial charge in [-0.1, -0.05) is 20.8 Å². The van der Waals surface area contributed by atoms with Gasteiger partial charge in [-0.25, -0.2) is 13.8 Å². The van der Waals surface area contributed by atoms with E-state index in [1.165, 1.54) is 6.07 Å². The second-order valence-corrected chi connectivity index (χ2v) is 5.30. The first-order valence-electron chi connectivity index (χ1n) is 6.03. The summed E-state index contributed by atoms with van der Waals surface area (Å²) in [5, 5.41) is 0. The molecular formula is C14H20F2N3+. The van der Waals surface area contributed by atoms with Crippen LogP contribution in [-0.2, 0) is 0 Å². The highest BCUT2D eigenvalue weighted by molar-refractivity contribution is 5.97. The fraction of sp³-hybridized carbons (Fsp3) is 0.357. The van der Waals surface area contributed by atoms with Gasteiger partial charge in [-0.2, -0.15) is 0 Å². The van der Waals surface area contributed by atoms with Crippen molar-refractivity contribution in [3.8, 4) is 0 Å². The minimum absolute atomic E-state index is 0.177. The fourth-order valence-electron chi connectivity index (χ4n) is 1.28. The van der Waals surface area contributed by atoms with Crippen molar-refractivity contribution >= 4 is 11.4 Å². The van der Waals surface area contributed by atoms with Crippen molar-refractivity contribution in [1.82, 2.24) is 0 Å². The molecule has 1 rings (SSSR count). The van der Waals surface area contributed by atoms with Crippen molar-refractivity contribution < 1.29 is 14.5 Å². The second-order valence-electron chi connectivity index (χ2n) is 5.30. The Kier molecular flexibility index (Phi) is 4.78. The molecule has 0 aliphatic rings. The number of halogens is 2. The molecule has 19 heavy (non-hydrogen) atoms. The molecule has 0 radical (unpaired) electrons. The molecule has 0 aromatic heterocycles. The van der Waals surface area contributed by atoms with E-state index in [0.717, 1.165) is 12.1 Å². The minimum Gasteiger partial charge on any atom is -0.402 e. The van der Waals surface area contributed by atoms with E-state index in [0.29, 0.717) is 23.6 Å². The van der Waals surface area contributed by atoms with Crippen LogP contribution in [0.1, 0.15) is 20.8 Å². The van der Waals surface area contributed by atoms with Crippen molar-refractivity contribution in [3.05, 3.63) is 41.6 Å². The molecule has 0 saturated heterocycles. The summed E-state index contributed by atoms with van der Waals surface area (Å²) in [5.41, 5.74) is 11.2. The van der Waals surface area contributed by atoms with Gasteiger partial charge < -0.3 is 11.5 Å². The molecular weight excluding hydrogens is 248 g/mol. The van der Waals surface area contributed by atoms with Crippen molar-refractivity contribution in [2.24, 2.45) is 16.1 Å². The molecule has 1 aromatic rings. The van der Waals surface area contributed by atoms with Crippen molar-refractivity contribution in [1.29, 1.82) is 0 Å². The van der Waals surface area contributed by atoms with Gasteiger partial charge in [0.25, 0.3) is 0 Å². The van der Waals surface area contributed by atoms with Crippen LogP contribution in [0.2, 0.25) is 0 Å². The maximum absolute atomic E-state index is 13.1. The van der Waals surface area contributed by atoms with Gasteiger partial charge >= 0.3 is 0 Å². The first-order valence-corrected chi connectivity index (χ1v) is 6.03. The van der Waals surface area contributed by atoms with E-state index in [9.17, 15) is 8.78 Å². The Morgan fingerprint density at radius 3 is 2.42 bits per heavy atom. The third-order valence-electron chi connectivity index (χ3n) is 2.62. The zero-order chi connectivity index (χ0) is 14.6. The lowest BCUT2D eigenvalue weighted by Crippen LogP contribution is -2.53. The van der Waals surface area contributed by atoms with Crippen LogP contribution >= 0.6 is 0 Å². The van der Waals surface area contributed by atoms with E-state index >= 15 is 0 Å². The van der Waals surface area contributed by atoms with Crippen LogP contribution in [0.25, 0.3) is 0 Å². The summed E-state index contributed by atoms with van der Waals surface area (Å²) >= 11 is 0. The summed E-state index contributed by atoms with van der Waals surface area (Å²) in [4.78, 5) is 4.22. The van der Waals surface area contributed by atoms with Gasteiger partial charge in [-0.15, -0.1) is 0 Å². The summed E-state index contributed by atoms with van der Waals surface area (Å²) < 4.78 is 25.9. The SMILES string of the molecule is CC(C)(C)/C(N)=C/C(C[NH3+])=Nc1ccc(F)c(F)c1. The molecule has 3 nitrogen and oxygen atoms in total. The van der Waals surface area contributed by atoms with Gasteiger partial charge in [0, 0.05) is 17.2 Å². The molecule has 0 atom stereocenters. The van der Waals surface area contributed by atoms with Crippen molar-refractivity contribution in [2.75, 3.05) is 6.54 Å². The predicted octanol–water partition coefficient (Wildman–Crippen LogP) is 2.17. The van der Waals surface area contributed by atoms with Crippen LogP contribution < -0.4 is 11.5 Å². The van der Waals surface area contributed by atoms with Gasteiger partial charge in [0.1, 0.15) is 6.54 Å². The van der Waals surface area contributed by atoms with Gasteiger partial charge in [0.15, 0.2) is 11.6 Å². The van der Waals surface area contributed by atoms with E-state index in [-0.39, 0.29) is 5.41 Å². The Morgan fingerprint density at radius 2 is 1.95 bits per heavy atom. The van der Waals surface area contributed by atoms with Crippen molar-refractivity contribution in [3.63, 3.8) is 0 Å². The van der Waals surface area contributed by atoms with Crippen LogP contribution in [0.15, 0.2) is 35.0 Å². The number of nitrogens with two attached hydrogens (primary N) is 1. The average molecular weight is 268 g/mol. The summed E-state index contributed by atoms with van der Waals surface area (Å²) in [7, 11) is 0. The monoisotopic (exact) mass is 268 g/mol. The highest BCUT2D eigenvalue weighted by Crippen LogP contribution is 2.21. The largest absolute Gasteiger partial charge is 0.402 e. The van der Waals surface area contributed by atoms with E-state index < -0.39 is 11.6 Å². The Hall–Kier alpha value is -1.75. The molecule has 0 aliphatic heterocycles. The molecule has 0 saturated carbocycles. The highest BCUT2D eigenvalue weighted by atomic mass is 19.2. The Balaban J connectivity index is 3.09. The van der Waals surface area contributed by atoms with Crippen LogP contribution in [0.3, 0.4) is 0 Å². The third-order valence-corrected chi connectivity index (χ3v) is 2.62. The Bertz CT molecular complexity index is 514. The van der Waals surface area contributed by atoms with Crippen LogP contribution in [0.4, 0.5) is 14.5 Å². The molecule has 5 N–H and O–H groups in total. The summed E-state index contributed by atoms with van der Waals surface area (Å²) in [5.74, 6) is -1.81. The van der Waals surface area contributed by atoms with E-state index in [2.05, 4.69) is 10.7 Å². The number of benzene rings is 1. The molecule has 0 bridgehead atoms. The third kappa shape index (κ3) is 4.44. The zero-order valence-electron chi connectivity index (χ0n) is 11.5. The smallest absolute Gasteiger partial charge is 0.160 e. The summed E-state index contributed by atoms with van der Waals surface area (Å²) in [6, 6.07) is 3.51. The van der Waals surface area contributed by atoms with Gasteiger partial charge in [-0.05, 0) is 18.2 Å². The number of allylic oxidation sites excluding steroid dienone is 1. The Labute approximate surface area is 112 Å². The molecule has 0 unspecified atom stereocenters. The van der Waals surface area contributed by atoms with Gasteiger partial charge in [0.05, 0.1) is 11.4 Å². The molecule has 104 valence electrons. The normalized spacial score (nSPS) is 13.8. The van der Waals surface area contributed by atoms with Gasteiger partial charge in [0.2, 0.25) is 0 Å². The molecule has 0 amide bonds. The van der Waals surface area contributed by atoms with E-state index in [1.807, 2.05) is 20.8 Å². The van der Waals surface area contributed by atoms with Crippen LogP contribution in [-0.4, -0.2) is 12.3 Å². The molecule has 1 aromatic carbocycles. The zero-order valence-corrected chi connectivity index (χ0v) is 11.5. The fourth-order valence-corrected chi connectivity index (χ4v) is 1.28. The maximum Gasteiger partial charge on any atom is 0.160 e. The van der Waals surface area contributed by atoms with E-state index in [4.69, 9.17) is 5.73 Å². The highest BCUT2D eigenvalue weighted by Gasteiger charge is 2.14. The summed E-state index contributed by atoms with van der Waals surface area (Å²) in [6.07, 6.45) is 1.73. The quantitative estimate of drug-likeness (QED) is 0.811. The standard InChI is InChI=1S/C14H19F2N3/c1-14(2,3)13(18)7-10(8-17)19-9-4-5-11(15)12(16)6-9/h4-7H,8,17-18H2,1-3H3/p+1/b13-7-,19-10?. The topological polar surface area (TPSA) is 66.0 Å². The lowest BCUT2D eigenvalue weighted by molar-refractivity contribution is -0.345. The number of rotatable bonds is 3. The minimum atomic E-state index is -0.919. The second kappa shape index (κ2) is 5.93. The molecule has 0 aliphatic carbocycles. The van der Waals surface area contributed by atoms with Crippen LogP contribution in [0.5, 0.6) is 0 Å². The maximum atomic E-state index is 13.1. The number of nitrogens with zero attached hydrogens (tertiary/aromatic N) is 1. The average Bonchev–Trinajstić information content (AvgIpc) is 2.31. The van der Waals surface area contributed by atoms with E-state index in [1.54, 1.807) is 6.08 Å². The molecule has 0 fully saturated rings. The number of aliphatic imine (C=N–C) groups is 1. The number of quaternary nitrogens is 1. The first-order chi connectivity index (χ1) is 8.74. The Morgan fingerprint density at radius 1 is 1.32 bits per heavy atom. The molecule has 0 heterocycles. The van der Waals surface area contributed by atoms with Crippen molar-refractivity contribution in [2.45, 2.75) is 20.8 Å². The summed E-state index contributed by atoms with van der Waals surface area (Å²) in [6.45, 7) is 6.36. The van der Waals surface area contributed by atoms with Gasteiger partial charge in [-0.3, -0.25) is 0 Å². The lowest BCUT2D eigenvalue weighted by Gasteiger charge is -2.18. The first kappa shape index (κ1) is 15.3. The lowest BCUT2D eigenvalue weighted by atomic mass is 9.91. The number of hydrogen-bond donors (Lipinski definition) is 2. The molecule has 0 spiro atoms. The van der Waals surface area contributed by atoms with Crippen LogP contribution in [0, 0.1) is 17.0 Å². The predicted molar refractivity (Wildman–Crippen MR) is 72.9 cm³/mol.